The molecule has 0 saturated carbocycles. The Morgan fingerprint density at radius 3 is 1.87 bits per heavy atom. The van der Waals surface area contributed by atoms with Crippen LogP contribution in [0.4, 0.5) is 0 Å². The van der Waals surface area contributed by atoms with Crippen LogP contribution in [0.3, 0.4) is 0 Å². The van der Waals surface area contributed by atoms with Crippen molar-refractivity contribution in [3.05, 3.63) is 108 Å². The second-order valence-corrected chi connectivity index (χ2v) is 7.41. The first-order valence-corrected chi connectivity index (χ1v) is 10.8. The third-order valence-electron chi connectivity index (χ3n) is 5.13. The van der Waals surface area contributed by atoms with Crippen molar-refractivity contribution in [1.29, 1.82) is 0 Å². The lowest BCUT2D eigenvalue weighted by atomic mass is 10.0. The first kappa shape index (κ1) is 22.4. The molecular formula is C27H30N2O2. The zero-order chi connectivity index (χ0) is 21.9. The molecule has 1 amide bonds. The number of rotatable bonds is 10. The largest absolute Gasteiger partial charge is 0.274 e. The monoisotopic (exact) mass is 414 g/mol. The summed E-state index contributed by atoms with van der Waals surface area (Å²) in [6.45, 7) is 2.51. The number of carbonyl (C=O) groups excluding carboxylic acids is 1. The third-order valence-corrected chi connectivity index (χ3v) is 5.13. The van der Waals surface area contributed by atoms with Gasteiger partial charge in [-0.15, -0.1) is 0 Å². The number of hydroxylamine groups is 2. The Bertz CT molecular complexity index is 915. The quantitative estimate of drug-likeness (QED) is 0.317. The van der Waals surface area contributed by atoms with E-state index in [0.717, 1.165) is 35.2 Å². The van der Waals surface area contributed by atoms with E-state index in [1.165, 1.54) is 12.2 Å². The molecule has 1 atom stereocenters. The molecule has 0 bridgehead atoms. The number of benzene rings is 3. The van der Waals surface area contributed by atoms with Gasteiger partial charge in [-0.1, -0.05) is 111 Å². The molecule has 0 spiro atoms. The highest BCUT2D eigenvalue weighted by atomic mass is 16.7. The van der Waals surface area contributed by atoms with Gasteiger partial charge in [-0.25, -0.2) is 5.06 Å². The van der Waals surface area contributed by atoms with E-state index in [1.807, 2.05) is 91.0 Å². The lowest BCUT2D eigenvalue weighted by Crippen LogP contribution is -2.38. The summed E-state index contributed by atoms with van der Waals surface area (Å²) < 4.78 is 0. The first-order chi connectivity index (χ1) is 15.2. The topological polar surface area (TPSA) is 41.9 Å². The van der Waals surface area contributed by atoms with Crippen LogP contribution in [0, 0.1) is 0 Å². The van der Waals surface area contributed by atoms with Gasteiger partial charge < -0.3 is 0 Å². The number of aliphatic imine (C=N–C) groups is 1. The highest BCUT2D eigenvalue weighted by molar-refractivity contribution is 6.13. The minimum absolute atomic E-state index is 0.121. The van der Waals surface area contributed by atoms with Gasteiger partial charge >= 0.3 is 0 Å². The van der Waals surface area contributed by atoms with Gasteiger partial charge in [0.15, 0.2) is 0 Å². The number of hydrogen-bond acceptors (Lipinski definition) is 3. The summed E-state index contributed by atoms with van der Waals surface area (Å²) in [4.78, 5) is 24.0. The maximum atomic E-state index is 13.5. The van der Waals surface area contributed by atoms with Gasteiger partial charge in [0.2, 0.25) is 0 Å². The molecule has 0 heterocycles. The second-order valence-electron chi connectivity index (χ2n) is 7.41. The van der Waals surface area contributed by atoms with Crippen molar-refractivity contribution in [2.75, 3.05) is 7.11 Å². The Morgan fingerprint density at radius 1 is 0.871 bits per heavy atom. The van der Waals surface area contributed by atoms with E-state index in [1.54, 1.807) is 0 Å². The number of nitrogens with zero attached hydrogens (tertiary/aromatic N) is 2. The number of unbranched alkanes of at least 4 members (excludes halogenated alkanes) is 1. The number of hydrogen-bond donors (Lipinski definition) is 0. The van der Waals surface area contributed by atoms with Gasteiger partial charge in [-0.2, -0.15) is 0 Å². The standard InChI is InChI=1S/C27H30N2O2/c1-3-4-20-25(27(30)29(31-2)21-22-14-8-5-9-15-22)28-26(23-16-10-6-11-17-23)24-18-12-7-13-19-24/h5-19,25H,3-4,20-21H2,1-2H3/t25-/m1/s1. The molecule has 0 aliphatic rings. The average Bonchev–Trinajstić information content (AvgIpc) is 2.84. The molecule has 0 aliphatic heterocycles. The fourth-order valence-corrected chi connectivity index (χ4v) is 3.45. The van der Waals surface area contributed by atoms with E-state index < -0.39 is 6.04 Å². The minimum atomic E-state index is -0.515. The minimum Gasteiger partial charge on any atom is -0.274 e. The molecule has 0 N–H and O–H groups in total. The highest BCUT2D eigenvalue weighted by Crippen LogP contribution is 2.17. The molecule has 4 nitrogen and oxygen atoms in total. The van der Waals surface area contributed by atoms with Crippen LogP contribution < -0.4 is 0 Å². The van der Waals surface area contributed by atoms with E-state index >= 15 is 0 Å². The summed E-state index contributed by atoms with van der Waals surface area (Å²) >= 11 is 0. The Morgan fingerprint density at radius 2 is 1.39 bits per heavy atom. The Labute approximate surface area is 185 Å². The van der Waals surface area contributed by atoms with Gasteiger partial charge in [0, 0.05) is 11.1 Å². The van der Waals surface area contributed by atoms with Crippen LogP contribution in [0.15, 0.2) is 96.0 Å². The predicted molar refractivity (Wildman–Crippen MR) is 126 cm³/mol. The summed E-state index contributed by atoms with van der Waals surface area (Å²) in [5.41, 5.74) is 3.83. The van der Waals surface area contributed by atoms with Gasteiger partial charge in [-0.3, -0.25) is 14.6 Å². The highest BCUT2D eigenvalue weighted by Gasteiger charge is 2.25. The molecule has 31 heavy (non-hydrogen) atoms. The maximum absolute atomic E-state index is 13.5. The van der Waals surface area contributed by atoms with Gasteiger partial charge in [-0.05, 0) is 12.0 Å². The third kappa shape index (κ3) is 6.37. The molecule has 0 radical (unpaired) electrons. The van der Waals surface area contributed by atoms with Crippen molar-refractivity contribution in [3.8, 4) is 0 Å². The molecule has 0 aliphatic carbocycles. The average molecular weight is 415 g/mol. The molecule has 160 valence electrons. The van der Waals surface area contributed by atoms with Crippen molar-refractivity contribution in [2.24, 2.45) is 4.99 Å². The lowest BCUT2D eigenvalue weighted by molar-refractivity contribution is -0.180. The first-order valence-electron chi connectivity index (χ1n) is 10.8. The van der Waals surface area contributed by atoms with E-state index in [9.17, 15) is 4.79 Å². The van der Waals surface area contributed by atoms with Gasteiger partial charge in [0.25, 0.3) is 5.91 Å². The van der Waals surface area contributed by atoms with Crippen LogP contribution in [-0.4, -0.2) is 29.8 Å². The van der Waals surface area contributed by atoms with Crippen molar-refractivity contribution in [2.45, 2.75) is 38.8 Å². The smallest absolute Gasteiger partial charge is 0.271 e. The van der Waals surface area contributed by atoms with Crippen LogP contribution in [0.5, 0.6) is 0 Å². The van der Waals surface area contributed by atoms with Crippen molar-refractivity contribution >= 4 is 11.6 Å². The van der Waals surface area contributed by atoms with Crippen LogP contribution >= 0.6 is 0 Å². The second kappa shape index (κ2) is 11.8. The summed E-state index contributed by atoms with van der Waals surface area (Å²) in [6.07, 6.45) is 2.59. The maximum Gasteiger partial charge on any atom is 0.271 e. The molecule has 3 rings (SSSR count). The fraction of sp³-hybridized carbons (Fsp3) is 0.259. The van der Waals surface area contributed by atoms with Crippen LogP contribution in [0.2, 0.25) is 0 Å². The Hall–Kier alpha value is -3.24. The summed E-state index contributed by atoms with van der Waals surface area (Å²) in [7, 11) is 1.54. The molecule has 0 fully saturated rings. The summed E-state index contributed by atoms with van der Waals surface area (Å²) in [6, 6.07) is 29.4. The Kier molecular flexibility index (Phi) is 8.56. The Balaban J connectivity index is 1.96. The molecule has 0 unspecified atom stereocenters. The SMILES string of the molecule is CCCC[C@@H](N=C(c1ccccc1)c1ccccc1)C(=O)N(Cc1ccccc1)OC. The lowest BCUT2D eigenvalue weighted by Gasteiger charge is -2.24. The van der Waals surface area contributed by atoms with Gasteiger partial charge in [0.05, 0.1) is 19.4 Å². The van der Waals surface area contributed by atoms with E-state index in [-0.39, 0.29) is 5.91 Å². The fourth-order valence-electron chi connectivity index (χ4n) is 3.45. The summed E-state index contributed by atoms with van der Waals surface area (Å²) in [5, 5.41) is 1.42. The molecule has 0 aromatic heterocycles. The number of carbonyl (C=O) groups is 1. The molecule has 4 heteroatoms. The van der Waals surface area contributed by atoms with Gasteiger partial charge in [0.1, 0.15) is 6.04 Å². The van der Waals surface area contributed by atoms with Crippen molar-refractivity contribution in [3.63, 3.8) is 0 Å². The van der Waals surface area contributed by atoms with Crippen molar-refractivity contribution in [1.82, 2.24) is 5.06 Å². The van der Waals surface area contributed by atoms with Crippen LogP contribution in [0.25, 0.3) is 0 Å². The molecular weight excluding hydrogens is 384 g/mol. The van der Waals surface area contributed by atoms with E-state index in [0.29, 0.717) is 13.0 Å². The normalized spacial score (nSPS) is 11.5. The number of amides is 1. The van der Waals surface area contributed by atoms with Crippen molar-refractivity contribution < 1.29 is 9.63 Å². The molecule has 3 aromatic rings. The van der Waals surface area contributed by atoms with Crippen LogP contribution in [-0.2, 0) is 16.2 Å². The van der Waals surface area contributed by atoms with Crippen LogP contribution in [0.1, 0.15) is 42.9 Å². The zero-order valence-electron chi connectivity index (χ0n) is 18.3. The van der Waals surface area contributed by atoms with E-state index in [4.69, 9.17) is 9.83 Å². The predicted octanol–water partition coefficient (Wildman–Crippen LogP) is 5.67. The molecule has 3 aromatic carbocycles. The summed E-state index contributed by atoms with van der Waals surface area (Å²) in [5.74, 6) is -0.121. The zero-order valence-corrected chi connectivity index (χ0v) is 18.3. The molecule has 0 saturated heterocycles. The van der Waals surface area contributed by atoms with E-state index in [2.05, 4.69) is 6.92 Å².